The van der Waals surface area contributed by atoms with Gasteiger partial charge in [-0.05, 0) is 68.6 Å². The van der Waals surface area contributed by atoms with Crippen LogP contribution in [0.3, 0.4) is 0 Å². The summed E-state index contributed by atoms with van der Waals surface area (Å²) in [5, 5.41) is 2.67. The first-order valence-electron chi connectivity index (χ1n) is 5.93. The minimum atomic E-state index is -0.683. The molecule has 0 atom stereocenters. The molecule has 5 nitrogen and oxygen atoms in total. The Labute approximate surface area is 137 Å². The van der Waals surface area contributed by atoms with Gasteiger partial charge in [-0.15, -0.1) is 0 Å². The first-order valence-corrected chi connectivity index (χ1v) is 7.52. The van der Waals surface area contributed by atoms with Crippen molar-refractivity contribution < 1.29 is 18.7 Å². The monoisotopic (exact) mass is 415 g/mol. The van der Waals surface area contributed by atoms with Crippen LogP contribution in [0.4, 0.5) is 5.69 Å². The molecule has 1 amide bonds. The maximum Gasteiger partial charge on any atom is 0.374 e. The summed E-state index contributed by atoms with van der Waals surface area (Å²) in [7, 11) is 0. The number of rotatable bonds is 4. The van der Waals surface area contributed by atoms with Crippen molar-refractivity contribution in [3.63, 3.8) is 0 Å². The van der Waals surface area contributed by atoms with Crippen LogP contribution >= 0.6 is 31.9 Å². The van der Waals surface area contributed by atoms with E-state index in [1.807, 2.05) is 19.1 Å². The third-order valence-corrected chi connectivity index (χ3v) is 3.76. The Bertz CT molecular complexity index is 645. The van der Waals surface area contributed by atoms with E-state index >= 15 is 0 Å². The van der Waals surface area contributed by atoms with Crippen LogP contribution in [0, 0.1) is 6.92 Å². The topological polar surface area (TPSA) is 68.5 Å². The van der Waals surface area contributed by atoms with Gasteiger partial charge in [-0.1, -0.05) is 0 Å². The Morgan fingerprint density at radius 1 is 1.29 bits per heavy atom. The zero-order valence-electron chi connectivity index (χ0n) is 11.0. The summed E-state index contributed by atoms with van der Waals surface area (Å²) in [4.78, 5) is 23.3. The second-order valence-electron chi connectivity index (χ2n) is 4.21. The first-order chi connectivity index (χ1) is 9.97. The molecule has 7 heteroatoms. The molecule has 0 saturated carbocycles. The molecule has 2 aromatic rings. The highest BCUT2D eigenvalue weighted by Crippen LogP contribution is 2.32. The number of hydrogen-bond donors (Lipinski definition) is 1. The van der Waals surface area contributed by atoms with Gasteiger partial charge in [0.25, 0.3) is 5.91 Å². The summed E-state index contributed by atoms with van der Waals surface area (Å²) in [5.41, 5.74) is 1.62. The second-order valence-corrected chi connectivity index (χ2v) is 5.91. The number of carbonyl (C=O) groups is 2. The van der Waals surface area contributed by atoms with Gasteiger partial charge in [-0.2, -0.15) is 0 Å². The largest absolute Gasteiger partial charge is 0.457 e. The Kier molecular flexibility index (Phi) is 5.19. The van der Waals surface area contributed by atoms with E-state index < -0.39 is 18.5 Å². The van der Waals surface area contributed by atoms with Crippen molar-refractivity contribution in [1.29, 1.82) is 0 Å². The van der Waals surface area contributed by atoms with Crippen LogP contribution in [0.15, 0.2) is 43.9 Å². The number of esters is 1. The van der Waals surface area contributed by atoms with Crippen LogP contribution in [-0.4, -0.2) is 18.5 Å². The normalized spacial score (nSPS) is 10.2. The predicted octanol–water partition coefficient (Wildman–Crippen LogP) is 3.91. The van der Waals surface area contributed by atoms with Crippen molar-refractivity contribution in [2.75, 3.05) is 11.9 Å². The number of carbonyl (C=O) groups excluding carboxylic acids is 2. The number of amides is 1. The zero-order chi connectivity index (χ0) is 15.4. The number of ether oxygens (including phenoxy) is 1. The Morgan fingerprint density at radius 3 is 2.52 bits per heavy atom. The molecule has 0 aliphatic rings. The lowest BCUT2D eigenvalue weighted by Crippen LogP contribution is -2.21. The Balaban J connectivity index is 1.95. The molecule has 0 fully saturated rings. The van der Waals surface area contributed by atoms with Gasteiger partial charge in [0.2, 0.25) is 5.76 Å². The molecule has 0 unspecified atom stereocenters. The summed E-state index contributed by atoms with van der Waals surface area (Å²) in [6.07, 6.45) is 1.36. The van der Waals surface area contributed by atoms with Gasteiger partial charge in [-0.25, -0.2) is 4.79 Å². The van der Waals surface area contributed by atoms with Gasteiger partial charge in [0, 0.05) is 8.95 Å². The highest BCUT2D eigenvalue weighted by Gasteiger charge is 2.14. The summed E-state index contributed by atoms with van der Waals surface area (Å²) >= 11 is 6.74. The SMILES string of the molecule is Cc1cc(Br)c(NC(=O)COC(=O)c2ccco2)c(Br)c1. The van der Waals surface area contributed by atoms with Crippen LogP contribution in [-0.2, 0) is 9.53 Å². The fourth-order valence-electron chi connectivity index (χ4n) is 1.59. The molecule has 1 N–H and O–H groups in total. The molecule has 21 heavy (non-hydrogen) atoms. The molecule has 1 heterocycles. The fourth-order valence-corrected chi connectivity index (χ4v) is 3.21. The maximum atomic E-state index is 11.8. The molecule has 1 aromatic heterocycles. The molecule has 0 spiro atoms. The van der Waals surface area contributed by atoms with Crippen LogP contribution in [0.2, 0.25) is 0 Å². The summed E-state index contributed by atoms with van der Waals surface area (Å²) < 4.78 is 11.2. The van der Waals surface area contributed by atoms with Gasteiger partial charge >= 0.3 is 5.97 Å². The van der Waals surface area contributed by atoms with Gasteiger partial charge in [0.1, 0.15) is 0 Å². The van der Waals surface area contributed by atoms with Crippen LogP contribution in [0.1, 0.15) is 16.1 Å². The quantitative estimate of drug-likeness (QED) is 0.767. The molecule has 0 aliphatic heterocycles. The van der Waals surface area contributed by atoms with E-state index in [0.717, 1.165) is 14.5 Å². The summed E-state index contributed by atoms with van der Waals surface area (Å²) in [5.74, 6) is -1.07. The molecular weight excluding hydrogens is 406 g/mol. The van der Waals surface area contributed by atoms with Gasteiger partial charge in [0.05, 0.1) is 12.0 Å². The number of aryl methyl sites for hydroxylation is 1. The lowest BCUT2D eigenvalue weighted by Gasteiger charge is -2.10. The van der Waals surface area contributed by atoms with Crippen LogP contribution in [0.25, 0.3) is 0 Å². The maximum absolute atomic E-state index is 11.8. The van der Waals surface area contributed by atoms with E-state index in [0.29, 0.717) is 5.69 Å². The van der Waals surface area contributed by atoms with Crippen LogP contribution in [0.5, 0.6) is 0 Å². The minimum absolute atomic E-state index is 0.0560. The molecule has 0 radical (unpaired) electrons. The first kappa shape index (κ1) is 15.8. The average Bonchev–Trinajstić information content (AvgIpc) is 2.94. The number of furan rings is 1. The van der Waals surface area contributed by atoms with Crippen molar-refractivity contribution in [3.05, 3.63) is 50.8 Å². The van der Waals surface area contributed by atoms with Gasteiger partial charge in [-0.3, -0.25) is 4.79 Å². The molecule has 0 saturated heterocycles. The van der Waals surface area contributed by atoms with Crippen molar-refractivity contribution in [1.82, 2.24) is 0 Å². The predicted molar refractivity (Wildman–Crippen MR) is 84.2 cm³/mol. The second kappa shape index (κ2) is 6.91. The highest BCUT2D eigenvalue weighted by molar-refractivity contribution is 9.11. The van der Waals surface area contributed by atoms with E-state index in [1.165, 1.54) is 12.3 Å². The van der Waals surface area contributed by atoms with Crippen molar-refractivity contribution in [3.8, 4) is 0 Å². The molecule has 0 bridgehead atoms. The number of hydrogen-bond acceptors (Lipinski definition) is 4. The summed E-state index contributed by atoms with van der Waals surface area (Å²) in [6, 6.07) is 6.77. The average molecular weight is 417 g/mol. The van der Waals surface area contributed by atoms with Crippen LogP contribution < -0.4 is 5.32 Å². The van der Waals surface area contributed by atoms with Gasteiger partial charge in [0.15, 0.2) is 6.61 Å². The molecular formula is C14H11Br2NO4. The molecule has 1 aromatic carbocycles. The third kappa shape index (κ3) is 4.18. The van der Waals surface area contributed by atoms with E-state index in [9.17, 15) is 9.59 Å². The van der Waals surface area contributed by atoms with Crippen molar-refractivity contribution >= 4 is 49.4 Å². The minimum Gasteiger partial charge on any atom is -0.457 e. The fraction of sp³-hybridized carbons (Fsp3) is 0.143. The molecule has 2 rings (SSSR count). The zero-order valence-corrected chi connectivity index (χ0v) is 14.2. The number of anilines is 1. The molecule has 110 valence electrons. The van der Waals surface area contributed by atoms with E-state index in [-0.39, 0.29) is 5.76 Å². The Hall–Kier alpha value is -1.60. The van der Waals surface area contributed by atoms with E-state index in [4.69, 9.17) is 9.15 Å². The van der Waals surface area contributed by atoms with Gasteiger partial charge < -0.3 is 14.5 Å². The van der Waals surface area contributed by atoms with Crippen molar-refractivity contribution in [2.45, 2.75) is 6.92 Å². The number of nitrogens with one attached hydrogen (secondary N) is 1. The summed E-state index contributed by atoms with van der Waals surface area (Å²) in [6.45, 7) is 1.54. The Morgan fingerprint density at radius 2 is 1.95 bits per heavy atom. The van der Waals surface area contributed by atoms with E-state index in [1.54, 1.807) is 6.07 Å². The number of halogens is 2. The molecule has 0 aliphatic carbocycles. The standard InChI is InChI=1S/C14H11Br2NO4/c1-8-5-9(15)13(10(16)6-8)17-12(18)7-21-14(19)11-3-2-4-20-11/h2-6H,7H2,1H3,(H,17,18). The van der Waals surface area contributed by atoms with E-state index in [2.05, 4.69) is 37.2 Å². The lowest BCUT2D eigenvalue weighted by atomic mass is 10.2. The lowest BCUT2D eigenvalue weighted by molar-refractivity contribution is -0.119. The number of benzene rings is 1. The van der Waals surface area contributed by atoms with Crippen molar-refractivity contribution in [2.24, 2.45) is 0 Å². The highest BCUT2D eigenvalue weighted by atomic mass is 79.9. The third-order valence-electron chi connectivity index (χ3n) is 2.51. The smallest absolute Gasteiger partial charge is 0.374 e.